The van der Waals surface area contributed by atoms with E-state index in [-0.39, 0.29) is 10.7 Å². The highest BCUT2D eigenvalue weighted by molar-refractivity contribution is 6.32. The first kappa shape index (κ1) is 17.4. The summed E-state index contributed by atoms with van der Waals surface area (Å²) in [5, 5.41) is 2.56. The number of esters is 1. The molecule has 0 saturated carbocycles. The number of halogens is 1. The fourth-order valence-electron chi connectivity index (χ4n) is 1.78. The number of aromatic nitrogens is 1. The van der Waals surface area contributed by atoms with Crippen LogP contribution < -0.4 is 11.1 Å². The van der Waals surface area contributed by atoms with E-state index < -0.39 is 23.9 Å². The van der Waals surface area contributed by atoms with Gasteiger partial charge < -0.3 is 15.8 Å². The molecule has 0 fully saturated rings. The molecule has 24 heavy (non-hydrogen) atoms. The Morgan fingerprint density at radius 3 is 2.46 bits per heavy atom. The number of primary amides is 1. The van der Waals surface area contributed by atoms with Crippen LogP contribution in [0.5, 0.6) is 0 Å². The topological polar surface area (TPSA) is 111 Å². The second-order valence-corrected chi connectivity index (χ2v) is 5.18. The van der Waals surface area contributed by atoms with Gasteiger partial charge in [-0.15, -0.1) is 0 Å². The molecule has 0 aliphatic carbocycles. The molecule has 1 atom stereocenters. The summed E-state index contributed by atoms with van der Waals surface area (Å²) in [4.78, 5) is 38.8. The van der Waals surface area contributed by atoms with Gasteiger partial charge in [-0.25, -0.2) is 9.78 Å². The molecule has 8 heteroatoms. The Bertz CT molecular complexity index is 777. The molecule has 7 nitrogen and oxygen atoms in total. The standard InChI is InChI=1S/C16H14ClN3O4/c1-9(24-16(23)12-3-2-8-19-13(12)17)15(22)20-11-6-4-10(5-7-11)14(18)21/h2-9H,1H3,(H2,18,21)(H,20,22)/t9-/m0/s1. The van der Waals surface area contributed by atoms with Crippen molar-refractivity contribution in [3.63, 3.8) is 0 Å². The van der Waals surface area contributed by atoms with E-state index in [2.05, 4.69) is 10.3 Å². The molecule has 124 valence electrons. The van der Waals surface area contributed by atoms with Crippen molar-refractivity contribution < 1.29 is 19.1 Å². The molecule has 1 aromatic heterocycles. The Morgan fingerprint density at radius 1 is 1.21 bits per heavy atom. The minimum atomic E-state index is -1.05. The maximum Gasteiger partial charge on any atom is 0.342 e. The van der Waals surface area contributed by atoms with E-state index >= 15 is 0 Å². The van der Waals surface area contributed by atoms with Gasteiger partial charge in [-0.3, -0.25) is 9.59 Å². The number of amides is 2. The zero-order chi connectivity index (χ0) is 17.7. The molecule has 0 radical (unpaired) electrons. The molecule has 2 aromatic rings. The zero-order valence-electron chi connectivity index (χ0n) is 12.7. The summed E-state index contributed by atoms with van der Waals surface area (Å²) >= 11 is 5.80. The Labute approximate surface area is 142 Å². The third-order valence-electron chi connectivity index (χ3n) is 3.07. The highest BCUT2D eigenvalue weighted by Crippen LogP contribution is 2.15. The third-order valence-corrected chi connectivity index (χ3v) is 3.37. The molecule has 0 unspecified atom stereocenters. The van der Waals surface area contributed by atoms with Gasteiger partial charge in [-0.2, -0.15) is 0 Å². The van der Waals surface area contributed by atoms with Crippen LogP contribution in [0.4, 0.5) is 5.69 Å². The largest absolute Gasteiger partial charge is 0.449 e. The van der Waals surface area contributed by atoms with E-state index in [0.29, 0.717) is 11.3 Å². The van der Waals surface area contributed by atoms with Crippen LogP contribution in [-0.4, -0.2) is 28.9 Å². The monoisotopic (exact) mass is 347 g/mol. The van der Waals surface area contributed by atoms with Crippen LogP contribution in [0.1, 0.15) is 27.6 Å². The summed E-state index contributed by atoms with van der Waals surface area (Å²) in [5.74, 6) is -1.85. The van der Waals surface area contributed by atoms with Crippen molar-refractivity contribution in [1.29, 1.82) is 0 Å². The van der Waals surface area contributed by atoms with Crippen molar-refractivity contribution in [3.05, 3.63) is 58.9 Å². The molecule has 1 heterocycles. The van der Waals surface area contributed by atoms with E-state index in [9.17, 15) is 14.4 Å². The molecule has 0 saturated heterocycles. The van der Waals surface area contributed by atoms with Crippen molar-refractivity contribution in [2.24, 2.45) is 5.73 Å². The molecule has 0 aliphatic heterocycles. The lowest BCUT2D eigenvalue weighted by Crippen LogP contribution is -2.30. The van der Waals surface area contributed by atoms with E-state index in [0.717, 1.165) is 0 Å². The van der Waals surface area contributed by atoms with Crippen LogP contribution in [0.3, 0.4) is 0 Å². The minimum Gasteiger partial charge on any atom is -0.449 e. The summed E-state index contributed by atoms with van der Waals surface area (Å²) in [6.07, 6.45) is 0.384. The molecule has 0 aliphatic rings. The van der Waals surface area contributed by atoms with Crippen molar-refractivity contribution in [3.8, 4) is 0 Å². The van der Waals surface area contributed by atoms with Crippen LogP contribution >= 0.6 is 11.6 Å². The molecular formula is C16H14ClN3O4. The van der Waals surface area contributed by atoms with Gasteiger partial charge in [0.05, 0.1) is 5.56 Å². The molecule has 2 amide bonds. The van der Waals surface area contributed by atoms with Gasteiger partial charge in [-0.1, -0.05) is 11.6 Å². The van der Waals surface area contributed by atoms with Gasteiger partial charge in [-0.05, 0) is 43.3 Å². The SMILES string of the molecule is C[C@H](OC(=O)c1cccnc1Cl)C(=O)Nc1ccc(C(N)=O)cc1. The van der Waals surface area contributed by atoms with Gasteiger partial charge >= 0.3 is 5.97 Å². The number of rotatable bonds is 5. The average molecular weight is 348 g/mol. The number of anilines is 1. The summed E-state index contributed by atoms with van der Waals surface area (Å²) in [6.45, 7) is 1.43. The smallest absolute Gasteiger partial charge is 0.342 e. The minimum absolute atomic E-state index is 0.00264. The number of nitrogens with zero attached hydrogens (tertiary/aromatic N) is 1. The Balaban J connectivity index is 1.98. The van der Waals surface area contributed by atoms with E-state index in [1.165, 1.54) is 49.5 Å². The summed E-state index contributed by atoms with van der Waals surface area (Å²) in [6, 6.07) is 8.97. The first-order valence-corrected chi connectivity index (χ1v) is 7.28. The quantitative estimate of drug-likeness (QED) is 0.634. The number of ether oxygens (including phenoxy) is 1. The van der Waals surface area contributed by atoms with Crippen LogP contribution in [0.2, 0.25) is 5.15 Å². The Morgan fingerprint density at radius 2 is 1.88 bits per heavy atom. The summed E-state index contributed by atoms with van der Waals surface area (Å²) in [7, 11) is 0. The van der Waals surface area contributed by atoms with Gasteiger partial charge in [0.15, 0.2) is 6.10 Å². The highest BCUT2D eigenvalue weighted by atomic mass is 35.5. The van der Waals surface area contributed by atoms with Crippen LogP contribution in [-0.2, 0) is 9.53 Å². The van der Waals surface area contributed by atoms with Crippen LogP contribution in [0, 0.1) is 0 Å². The lowest BCUT2D eigenvalue weighted by atomic mass is 10.2. The van der Waals surface area contributed by atoms with Crippen molar-refractivity contribution in [2.75, 3.05) is 5.32 Å². The number of hydrogen-bond acceptors (Lipinski definition) is 5. The van der Waals surface area contributed by atoms with E-state index in [4.69, 9.17) is 22.1 Å². The van der Waals surface area contributed by atoms with Crippen molar-refractivity contribution in [2.45, 2.75) is 13.0 Å². The van der Waals surface area contributed by atoms with Gasteiger partial charge in [0, 0.05) is 17.4 Å². The fraction of sp³-hybridized carbons (Fsp3) is 0.125. The number of benzene rings is 1. The number of carbonyl (C=O) groups excluding carboxylic acids is 3. The predicted molar refractivity (Wildman–Crippen MR) is 87.7 cm³/mol. The van der Waals surface area contributed by atoms with Crippen LogP contribution in [0.15, 0.2) is 42.6 Å². The average Bonchev–Trinajstić information content (AvgIpc) is 2.55. The normalized spacial score (nSPS) is 11.4. The highest BCUT2D eigenvalue weighted by Gasteiger charge is 2.21. The first-order chi connectivity index (χ1) is 11.4. The second kappa shape index (κ2) is 7.56. The summed E-state index contributed by atoms with van der Waals surface area (Å²) < 4.78 is 5.06. The molecule has 1 aromatic carbocycles. The van der Waals surface area contributed by atoms with Gasteiger partial charge in [0.1, 0.15) is 5.15 Å². The lowest BCUT2D eigenvalue weighted by molar-refractivity contribution is -0.123. The zero-order valence-corrected chi connectivity index (χ0v) is 13.4. The van der Waals surface area contributed by atoms with Crippen molar-refractivity contribution in [1.82, 2.24) is 4.98 Å². The molecular weight excluding hydrogens is 334 g/mol. The molecule has 0 spiro atoms. The number of pyridine rings is 1. The second-order valence-electron chi connectivity index (χ2n) is 4.82. The third kappa shape index (κ3) is 4.30. The molecule has 2 rings (SSSR count). The number of hydrogen-bond donors (Lipinski definition) is 2. The molecule has 0 bridgehead atoms. The predicted octanol–water partition coefficient (Wildman–Crippen LogP) is 2.02. The summed E-state index contributed by atoms with van der Waals surface area (Å²) in [5.41, 5.74) is 5.97. The maximum atomic E-state index is 12.1. The Hall–Kier alpha value is -2.93. The van der Waals surface area contributed by atoms with Crippen molar-refractivity contribution >= 4 is 35.1 Å². The van der Waals surface area contributed by atoms with Gasteiger partial charge in [0.25, 0.3) is 5.91 Å². The van der Waals surface area contributed by atoms with E-state index in [1.807, 2.05) is 0 Å². The Kier molecular flexibility index (Phi) is 5.49. The van der Waals surface area contributed by atoms with Crippen LogP contribution in [0.25, 0.3) is 0 Å². The first-order valence-electron chi connectivity index (χ1n) is 6.90. The maximum absolute atomic E-state index is 12.1. The fourth-order valence-corrected chi connectivity index (χ4v) is 1.97. The van der Waals surface area contributed by atoms with E-state index in [1.54, 1.807) is 0 Å². The lowest BCUT2D eigenvalue weighted by Gasteiger charge is -2.14. The number of nitrogens with one attached hydrogen (secondary N) is 1. The van der Waals surface area contributed by atoms with Gasteiger partial charge in [0.2, 0.25) is 5.91 Å². The molecule has 3 N–H and O–H groups in total. The number of carbonyl (C=O) groups is 3. The number of nitrogens with two attached hydrogens (primary N) is 1.